The number of rotatable bonds is 7. The van der Waals surface area contributed by atoms with Crippen LogP contribution in [0.3, 0.4) is 0 Å². The van der Waals surface area contributed by atoms with E-state index in [-0.39, 0.29) is 0 Å². The molecule has 0 bridgehead atoms. The number of ether oxygens (including phenoxy) is 4. The number of anilines is 1. The number of aliphatic hydroxyl groups is 1. The Morgan fingerprint density at radius 2 is 1.92 bits per heavy atom. The Morgan fingerprint density at radius 3 is 2.64 bits per heavy atom. The molecule has 0 aromatic heterocycles. The topological polar surface area (TPSA) is 69.2 Å². The zero-order valence-corrected chi connectivity index (χ0v) is 14.7. The number of benzene rings is 2. The highest BCUT2D eigenvalue weighted by molar-refractivity contribution is 6.30. The van der Waals surface area contributed by atoms with E-state index >= 15 is 0 Å². The highest BCUT2D eigenvalue weighted by Gasteiger charge is 2.23. The van der Waals surface area contributed by atoms with Crippen molar-refractivity contribution < 1.29 is 24.1 Å². The van der Waals surface area contributed by atoms with Gasteiger partial charge in [-0.15, -0.1) is 0 Å². The first-order chi connectivity index (χ1) is 12.0. The third-order valence-corrected chi connectivity index (χ3v) is 3.81. The molecule has 1 heterocycles. The molecule has 0 fully saturated rings. The molecule has 2 aromatic rings. The van der Waals surface area contributed by atoms with Crippen LogP contribution in [0.1, 0.15) is 13.8 Å². The summed E-state index contributed by atoms with van der Waals surface area (Å²) in [5.74, 6) is 1.87. The number of hydrogen-bond acceptors (Lipinski definition) is 6. The highest BCUT2D eigenvalue weighted by Crippen LogP contribution is 2.34. The van der Waals surface area contributed by atoms with Crippen LogP contribution in [0, 0.1) is 0 Å². The standard InChI is InChI=1S/C18H20ClNO5/c1-3-22-17(21)11(2)23-13-5-7-14(8-6-13)24-18-20-15-9-4-12(19)10-16(15)25-18/h4-11,17-18,20-21H,3H2,1-2H3. The lowest BCUT2D eigenvalue weighted by atomic mass is 10.3. The number of aliphatic hydroxyl groups excluding tert-OH is 1. The molecule has 1 aliphatic heterocycles. The van der Waals surface area contributed by atoms with Crippen molar-refractivity contribution in [2.75, 3.05) is 11.9 Å². The summed E-state index contributed by atoms with van der Waals surface area (Å²) in [4.78, 5) is 0. The van der Waals surface area contributed by atoms with Crippen LogP contribution in [0.2, 0.25) is 5.02 Å². The Bertz CT molecular complexity index is 709. The quantitative estimate of drug-likeness (QED) is 0.730. The van der Waals surface area contributed by atoms with Gasteiger partial charge in [-0.05, 0) is 50.2 Å². The van der Waals surface area contributed by atoms with Gasteiger partial charge in [0.05, 0.1) is 5.69 Å². The lowest BCUT2D eigenvalue weighted by Gasteiger charge is -2.20. The molecule has 134 valence electrons. The SMILES string of the molecule is CCOC(O)C(C)Oc1ccc(OC2Nc3ccc(Cl)cc3O2)cc1. The lowest BCUT2D eigenvalue weighted by molar-refractivity contribution is -0.145. The van der Waals surface area contributed by atoms with Gasteiger partial charge in [0.25, 0.3) is 0 Å². The van der Waals surface area contributed by atoms with Crippen molar-refractivity contribution in [2.24, 2.45) is 0 Å². The first kappa shape index (κ1) is 17.7. The van der Waals surface area contributed by atoms with Crippen molar-refractivity contribution in [3.05, 3.63) is 47.5 Å². The number of halogens is 1. The van der Waals surface area contributed by atoms with E-state index in [4.69, 9.17) is 30.5 Å². The van der Waals surface area contributed by atoms with Crippen LogP contribution < -0.4 is 19.5 Å². The third-order valence-electron chi connectivity index (χ3n) is 3.58. The molecular weight excluding hydrogens is 346 g/mol. The predicted octanol–water partition coefficient (Wildman–Crippen LogP) is 3.63. The summed E-state index contributed by atoms with van der Waals surface area (Å²) in [6.07, 6.45) is -2.08. The van der Waals surface area contributed by atoms with Gasteiger partial charge in [-0.2, -0.15) is 0 Å². The summed E-state index contributed by atoms with van der Waals surface area (Å²) in [7, 11) is 0. The second-order valence-electron chi connectivity index (χ2n) is 5.49. The second-order valence-corrected chi connectivity index (χ2v) is 5.93. The smallest absolute Gasteiger partial charge is 0.325 e. The average molecular weight is 366 g/mol. The minimum Gasteiger partial charge on any atom is -0.485 e. The van der Waals surface area contributed by atoms with E-state index in [2.05, 4.69) is 5.32 Å². The summed E-state index contributed by atoms with van der Waals surface area (Å²) in [6, 6.07) is 12.4. The van der Waals surface area contributed by atoms with Gasteiger partial charge in [0.1, 0.15) is 17.6 Å². The van der Waals surface area contributed by atoms with E-state index in [0.717, 1.165) is 5.69 Å². The van der Waals surface area contributed by atoms with Gasteiger partial charge >= 0.3 is 6.41 Å². The van der Waals surface area contributed by atoms with Crippen LogP contribution in [-0.4, -0.2) is 30.5 Å². The summed E-state index contributed by atoms with van der Waals surface area (Å²) < 4.78 is 22.1. The van der Waals surface area contributed by atoms with E-state index < -0.39 is 18.8 Å². The predicted molar refractivity (Wildman–Crippen MR) is 94.3 cm³/mol. The molecule has 0 radical (unpaired) electrons. The maximum atomic E-state index is 9.72. The largest absolute Gasteiger partial charge is 0.485 e. The maximum Gasteiger partial charge on any atom is 0.325 e. The van der Waals surface area contributed by atoms with E-state index in [0.29, 0.717) is 28.9 Å². The summed E-state index contributed by atoms with van der Waals surface area (Å²) in [5.41, 5.74) is 0.827. The van der Waals surface area contributed by atoms with E-state index in [1.807, 2.05) is 13.0 Å². The molecule has 25 heavy (non-hydrogen) atoms. The molecule has 3 rings (SSSR count). The summed E-state index contributed by atoms with van der Waals surface area (Å²) >= 11 is 5.94. The Morgan fingerprint density at radius 1 is 1.20 bits per heavy atom. The molecule has 0 saturated carbocycles. The molecule has 0 amide bonds. The van der Waals surface area contributed by atoms with E-state index in [9.17, 15) is 5.11 Å². The van der Waals surface area contributed by atoms with Crippen LogP contribution in [0.5, 0.6) is 17.2 Å². The normalized spacial score (nSPS) is 17.8. The number of hydrogen-bond donors (Lipinski definition) is 2. The van der Waals surface area contributed by atoms with Crippen molar-refractivity contribution >= 4 is 17.3 Å². The molecule has 0 aliphatic carbocycles. The van der Waals surface area contributed by atoms with Crippen LogP contribution in [-0.2, 0) is 4.74 Å². The van der Waals surface area contributed by atoms with Crippen molar-refractivity contribution in [2.45, 2.75) is 32.7 Å². The first-order valence-electron chi connectivity index (χ1n) is 8.01. The first-order valence-corrected chi connectivity index (χ1v) is 8.38. The minimum absolute atomic E-state index is 0.420. The molecule has 3 atom stereocenters. The molecule has 0 saturated heterocycles. The van der Waals surface area contributed by atoms with Gasteiger partial charge in [-0.25, -0.2) is 0 Å². The van der Waals surface area contributed by atoms with Gasteiger partial charge in [0, 0.05) is 17.7 Å². The minimum atomic E-state index is -0.970. The highest BCUT2D eigenvalue weighted by atomic mass is 35.5. The summed E-state index contributed by atoms with van der Waals surface area (Å²) in [6.45, 7) is 3.97. The van der Waals surface area contributed by atoms with Crippen LogP contribution in [0.4, 0.5) is 5.69 Å². The fraction of sp³-hybridized carbons (Fsp3) is 0.333. The zero-order chi connectivity index (χ0) is 17.8. The van der Waals surface area contributed by atoms with Crippen molar-refractivity contribution in [3.63, 3.8) is 0 Å². The molecule has 6 nitrogen and oxygen atoms in total. The molecule has 1 aliphatic rings. The Balaban J connectivity index is 1.55. The monoisotopic (exact) mass is 365 g/mol. The number of nitrogens with one attached hydrogen (secondary N) is 1. The summed E-state index contributed by atoms with van der Waals surface area (Å²) in [5, 5.41) is 13.4. The van der Waals surface area contributed by atoms with Crippen molar-refractivity contribution in [1.29, 1.82) is 0 Å². The fourth-order valence-electron chi connectivity index (χ4n) is 2.34. The van der Waals surface area contributed by atoms with Gasteiger partial charge < -0.3 is 29.4 Å². The molecule has 0 spiro atoms. The maximum absolute atomic E-state index is 9.72. The van der Waals surface area contributed by atoms with Gasteiger partial charge in [-0.3, -0.25) is 0 Å². The number of fused-ring (bicyclic) bond motifs is 1. The van der Waals surface area contributed by atoms with E-state index in [1.54, 1.807) is 43.3 Å². The van der Waals surface area contributed by atoms with Crippen LogP contribution in [0.15, 0.2) is 42.5 Å². The second kappa shape index (κ2) is 7.82. The molecule has 7 heteroatoms. The lowest BCUT2D eigenvalue weighted by Crippen LogP contribution is -2.31. The van der Waals surface area contributed by atoms with E-state index in [1.165, 1.54) is 0 Å². The molecule has 2 aromatic carbocycles. The van der Waals surface area contributed by atoms with Crippen LogP contribution in [0.25, 0.3) is 0 Å². The molecule has 2 N–H and O–H groups in total. The molecular formula is C18H20ClNO5. The Hall–Kier alpha value is -2.15. The Labute approximate surface area is 151 Å². The van der Waals surface area contributed by atoms with Gasteiger partial charge in [-0.1, -0.05) is 11.6 Å². The third kappa shape index (κ3) is 4.48. The van der Waals surface area contributed by atoms with Crippen LogP contribution >= 0.6 is 11.6 Å². The Kier molecular flexibility index (Phi) is 5.53. The van der Waals surface area contributed by atoms with Gasteiger partial charge in [0.15, 0.2) is 12.0 Å². The van der Waals surface area contributed by atoms with Crippen molar-refractivity contribution in [1.82, 2.24) is 0 Å². The van der Waals surface area contributed by atoms with Crippen molar-refractivity contribution in [3.8, 4) is 17.2 Å². The van der Waals surface area contributed by atoms with Gasteiger partial charge in [0.2, 0.25) is 0 Å². The zero-order valence-electron chi connectivity index (χ0n) is 13.9. The average Bonchev–Trinajstić information content (AvgIpc) is 2.98. The molecule has 3 unspecified atom stereocenters. The fourth-order valence-corrected chi connectivity index (χ4v) is 2.50.